The van der Waals surface area contributed by atoms with Gasteiger partial charge in [-0.3, -0.25) is 0 Å². The number of carboxylic acids is 1. The Morgan fingerprint density at radius 1 is 1.27 bits per heavy atom. The Balaban J connectivity index is 0.000000470. The second kappa shape index (κ2) is 12.0. The maximum Gasteiger partial charge on any atom is 0.490 e. The topological polar surface area (TPSA) is 121 Å². The Hall–Kier alpha value is -2.75. The highest BCUT2D eigenvalue weighted by molar-refractivity contribution is 7.89. The molecule has 1 unspecified atom stereocenters. The van der Waals surface area contributed by atoms with Crippen LogP contribution >= 0.6 is 11.3 Å². The van der Waals surface area contributed by atoms with E-state index in [0.717, 1.165) is 65.8 Å². The van der Waals surface area contributed by atoms with E-state index >= 15 is 0 Å². The Morgan fingerprint density at radius 3 is 2.65 bits per heavy atom. The van der Waals surface area contributed by atoms with Crippen molar-refractivity contribution in [2.24, 2.45) is 0 Å². The third-order valence-electron chi connectivity index (χ3n) is 7.16. The number of benzene rings is 1. The predicted octanol–water partition coefficient (Wildman–Crippen LogP) is 4.03. The first-order valence-corrected chi connectivity index (χ1v) is 15.2. The maximum absolute atomic E-state index is 13.2. The van der Waals surface area contributed by atoms with Crippen LogP contribution in [-0.2, 0) is 27.8 Å². The number of nitrogens with zero attached hydrogens (tertiary/aromatic N) is 5. The van der Waals surface area contributed by atoms with E-state index in [9.17, 15) is 21.6 Å². The number of aromatic nitrogens is 3. The van der Waals surface area contributed by atoms with Gasteiger partial charge in [-0.15, -0.1) is 0 Å². The van der Waals surface area contributed by atoms with Crippen LogP contribution in [0.4, 0.5) is 18.3 Å². The molecule has 2 aromatic heterocycles. The molecule has 10 nitrogen and oxygen atoms in total. The van der Waals surface area contributed by atoms with Gasteiger partial charge in [0, 0.05) is 32.6 Å². The third-order valence-corrected chi connectivity index (χ3v) is 9.83. The molecule has 5 rings (SSSR count). The standard InChI is InChI=1S/C23H32N6O2S2.C2HF3O2/c1-16(20-14-24-22-8-4-5-12-29(20)22)26-33(30,31)18-9-10-19-21(13-18)32-23(25-19)28(3)15-17-7-6-11-27(17)2;3-2(4,5)1(6)7/h9-10,13-14,16-17,26H,4-8,11-12,15H2,1-3H3;(H,6,7)/t16?,17-;/m0./s1. The lowest BCUT2D eigenvalue weighted by Gasteiger charge is -2.25. The van der Waals surface area contributed by atoms with Crippen molar-refractivity contribution in [3.05, 3.63) is 35.9 Å². The molecule has 1 aromatic carbocycles. The van der Waals surface area contributed by atoms with Crippen molar-refractivity contribution in [3.63, 3.8) is 0 Å². The molecule has 0 bridgehead atoms. The summed E-state index contributed by atoms with van der Waals surface area (Å²) in [6.45, 7) is 4.86. The molecule has 1 fully saturated rings. The zero-order valence-electron chi connectivity index (χ0n) is 22.5. The molecule has 2 aliphatic rings. The fourth-order valence-electron chi connectivity index (χ4n) is 4.97. The first-order valence-electron chi connectivity index (χ1n) is 12.9. The number of likely N-dealkylation sites (tertiary alicyclic amines) is 1. The molecule has 220 valence electrons. The van der Waals surface area contributed by atoms with Crippen molar-refractivity contribution >= 4 is 42.7 Å². The van der Waals surface area contributed by atoms with Crippen molar-refractivity contribution in [2.75, 3.05) is 32.1 Å². The first-order chi connectivity index (χ1) is 18.8. The molecule has 2 N–H and O–H groups in total. The number of carbonyl (C=O) groups is 1. The molecule has 0 aliphatic carbocycles. The lowest BCUT2D eigenvalue weighted by molar-refractivity contribution is -0.192. The number of hydrogen-bond acceptors (Lipinski definition) is 8. The molecule has 0 spiro atoms. The zero-order valence-corrected chi connectivity index (χ0v) is 24.1. The minimum absolute atomic E-state index is 0.272. The van der Waals surface area contributed by atoms with E-state index in [4.69, 9.17) is 14.9 Å². The van der Waals surface area contributed by atoms with Crippen molar-refractivity contribution < 1.29 is 31.5 Å². The van der Waals surface area contributed by atoms with Gasteiger partial charge in [-0.2, -0.15) is 13.2 Å². The van der Waals surface area contributed by atoms with Gasteiger partial charge >= 0.3 is 12.1 Å². The van der Waals surface area contributed by atoms with Crippen molar-refractivity contribution in [1.82, 2.24) is 24.2 Å². The van der Waals surface area contributed by atoms with E-state index in [0.29, 0.717) is 6.04 Å². The molecule has 1 saturated heterocycles. The fourth-order valence-corrected chi connectivity index (χ4v) is 7.27. The molecular formula is C25H33F3N6O4S2. The highest BCUT2D eigenvalue weighted by Gasteiger charge is 2.38. The maximum atomic E-state index is 13.2. The second-order valence-corrected chi connectivity index (χ2v) is 12.9. The van der Waals surface area contributed by atoms with Gasteiger partial charge in [0.05, 0.1) is 33.0 Å². The Labute approximate surface area is 234 Å². The second-order valence-electron chi connectivity index (χ2n) is 10.1. The minimum atomic E-state index is -5.08. The smallest absolute Gasteiger partial charge is 0.475 e. The number of aryl methyl sites for hydroxylation is 1. The van der Waals surface area contributed by atoms with Gasteiger partial charge in [0.1, 0.15) is 5.82 Å². The first kappa shape index (κ1) is 30.2. The fraction of sp³-hybridized carbons (Fsp3) is 0.560. The largest absolute Gasteiger partial charge is 0.490 e. The average Bonchev–Trinajstić information content (AvgIpc) is 3.61. The number of imidazole rings is 1. The van der Waals surface area contributed by atoms with Crippen LogP contribution in [0.15, 0.2) is 29.3 Å². The van der Waals surface area contributed by atoms with Crippen molar-refractivity contribution in [2.45, 2.75) is 68.7 Å². The van der Waals surface area contributed by atoms with E-state index in [1.165, 1.54) is 12.8 Å². The number of alkyl halides is 3. The number of aliphatic carboxylic acids is 1. The van der Waals surface area contributed by atoms with Gasteiger partial charge in [-0.25, -0.2) is 27.9 Å². The van der Waals surface area contributed by atoms with Crippen LogP contribution in [0.2, 0.25) is 0 Å². The number of carboxylic acid groups (broad SMARTS) is 1. The van der Waals surface area contributed by atoms with Gasteiger partial charge in [-0.1, -0.05) is 11.3 Å². The average molecular weight is 603 g/mol. The number of sulfonamides is 1. The van der Waals surface area contributed by atoms with Gasteiger partial charge in [-0.05, 0) is 64.4 Å². The zero-order chi connectivity index (χ0) is 29.2. The number of anilines is 1. The van der Waals surface area contributed by atoms with Crippen LogP contribution < -0.4 is 9.62 Å². The summed E-state index contributed by atoms with van der Waals surface area (Å²) >= 11 is 1.55. The summed E-state index contributed by atoms with van der Waals surface area (Å²) in [4.78, 5) is 23.0. The monoisotopic (exact) mass is 602 g/mol. The van der Waals surface area contributed by atoms with Crippen molar-refractivity contribution in [1.29, 1.82) is 0 Å². The third kappa shape index (κ3) is 6.93. The van der Waals surface area contributed by atoms with Crippen LogP contribution in [0.3, 0.4) is 0 Å². The molecule has 3 aromatic rings. The number of fused-ring (bicyclic) bond motifs is 2. The molecular weight excluding hydrogens is 569 g/mol. The number of nitrogens with one attached hydrogen (secondary N) is 1. The molecule has 2 aliphatic heterocycles. The summed E-state index contributed by atoms with van der Waals surface area (Å²) in [6, 6.07) is 5.39. The van der Waals surface area contributed by atoms with Crippen LogP contribution in [0.5, 0.6) is 0 Å². The molecule has 40 heavy (non-hydrogen) atoms. The lowest BCUT2D eigenvalue weighted by Crippen LogP contribution is -2.36. The van der Waals surface area contributed by atoms with Gasteiger partial charge in [0.25, 0.3) is 0 Å². The van der Waals surface area contributed by atoms with E-state index in [1.54, 1.807) is 23.5 Å². The normalized spacial score (nSPS) is 18.7. The van der Waals surface area contributed by atoms with E-state index in [-0.39, 0.29) is 10.9 Å². The number of hydrogen-bond donors (Lipinski definition) is 2. The van der Waals surface area contributed by atoms with Crippen LogP contribution in [-0.4, -0.2) is 78.3 Å². The summed E-state index contributed by atoms with van der Waals surface area (Å²) in [5.41, 5.74) is 1.76. The van der Waals surface area contributed by atoms with E-state index < -0.39 is 22.2 Å². The van der Waals surface area contributed by atoms with Crippen LogP contribution in [0.25, 0.3) is 10.2 Å². The van der Waals surface area contributed by atoms with Gasteiger partial charge < -0.3 is 19.5 Å². The molecule has 2 atom stereocenters. The van der Waals surface area contributed by atoms with Crippen molar-refractivity contribution in [3.8, 4) is 0 Å². The van der Waals surface area contributed by atoms with Crippen LogP contribution in [0, 0.1) is 0 Å². The Bertz CT molecular complexity index is 1460. The highest BCUT2D eigenvalue weighted by atomic mass is 32.2. The minimum Gasteiger partial charge on any atom is -0.475 e. The molecule has 15 heteroatoms. The van der Waals surface area contributed by atoms with Crippen LogP contribution in [0.1, 0.15) is 50.2 Å². The summed E-state index contributed by atoms with van der Waals surface area (Å²) in [6.07, 6.45) is 2.37. The summed E-state index contributed by atoms with van der Waals surface area (Å²) in [5.74, 6) is -1.71. The predicted molar refractivity (Wildman–Crippen MR) is 146 cm³/mol. The summed E-state index contributed by atoms with van der Waals surface area (Å²) in [5, 5.41) is 8.05. The molecule has 0 radical (unpaired) electrons. The lowest BCUT2D eigenvalue weighted by atomic mass is 10.1. The van der Waals surface area contributed by atoms with E-state index in [2.05, 4.69) is 38.2 Å². The van der Waals surface area contributed by atoms with E-state index in [1.807, 2.05) is 19.2 Å². The van der Waals surface area contributed by atoms with Gasteiger partial charge in [0.15, 0.2) is 5.13 Å². The SMILES string of the molecule is CC(NS(=O)(=O)c1ccc2nc(N(C)C[C@@H]3CCCN3C)sc2c1)c1cnc2n1CCCC2.O=C(O)C(F)(F)F. The molecule has 4 heterocycles. The quantitative estimate of drug-likeness (QED) is 0.416. The number of likely N-dealkylation sites (N-methyl/N-ethyl adjacent to an activating group) is 2. The number of rotatable bonds is 7. The molecule has 0 saturated carbocycles. The Morgan fingerprint density at radius 2 is 2.00 bits per heavy atom. The van der Waals surface area contributed by atoms with Gasteiger partial charge in [0.2, 0.25) is 10.0 Å². The number of thiazole rings is 1. The summed E-state index contributed by atoms with van der Waals surface area (Å²) < 4.78 is 64.0. The summed E-state index contributed by atoms with van der Waals surface area (Å²) in [7, 11) is 0.569. The molecule has 0 amide bonds. The highest BCUT2D eigenvalue weighted by Crippen LogP contribution is 2.31. The Kier molecular flexibility index (Phi) is 9.07. The number of halogens is 3.